The maximum absolute atomic E-state index is 13.5. The number of carbonyl (C=O) groups is 2. The first kappa shape index (κ1) is 22.9. The van der Waals surface area contributed by atoms with Gasteiger partial charge in [0.25, 0.3) is 5.91 Å². The number of piperidine rings is 1. The van der Waals surface area contributed by atoms with Gasteiger partial charge >= 0.3 is 0 Å². The zero-order chi connectivity index (χ0) is 23.9. The van der Waals surface area contributed by atoms with Crippen LogP contribution in [-0.4, -0.2) is 53.9 Å². The first-order valence-electron chi connectivity index (χ1n) is 11.2. The molecule has 2 N–H and O–H groups in total. The third-order valence-corrected chi connectivity index (χ3v) is 6.43. The van der Waals surface area contributed by atoms with E-state index in [2.05, 4.69) is 15.6 Å². The molecule has 1 fully saturated rings. The fourth-order valence-corrected chi connectivity index (χ4v) is 4.68. The van der Waals surface area contributed by atoms with Crippen LogP contribution in [0.4, 0.5) is 26.0 Å². The van der Waals surface area contributed by atoms with Crippen molar-refractivity contribution in [3.8, 4) is 0 Å². The van der Waals surface area contributed by atoms with E-state index in [0.717, 1.165) is 35.0 Å². The number of amides is 2. The zero-order valence-corrected chi connectivity index (χ0v) is 19.3. The van der Waals surface area contributed by atoms with Crippen LogP contribution < -0.4 is 15.5 Å². The topological polar surface area (TPSA) is 77.6 Å². The minimum Gasteiger partial charge on any atom is -0.367 e. The number of aromatic nitrogens is 1. The molecule has 1 aromatic carbocycles. The van der Waals surface area contributed by atoms with Crippen molar-refractivity contribution in [2.24, 2.45) is 5.92 Å². The molecule has 0 bridgehead atoms. The van der Waals surface area contributed by atoms with Crippen LogP contribution in [-0.2, 0) is 4.79 Å². The van der Waals surface area contributed by atoms with Crippen LogP contribution in [0.15, 0.2) is 24.3 Å². The Morgan fingerprint density at radius 2 is 1.88 bits per heavy atom. The molecule has 2 amide bonds. The lowest BCUT2D eigenvalue weighted by Gasteiger charge is -2.38. The average molecular weight is 458 g/mol. The van der Waals surface area contributed by atoms with Crippen LogP contribution in [0.2, 0.25) is 0 Å². The lowest BCUT2D eigenvalue weighted by atomic mass is 9.98. The molecule has 9 heteroatoms. The molecule has 0 aliphatic carbocycles. The van der Waals surface area contributed by atoms with Gasteiger partial charge in [0.1, 0.15) is 11.9 Å². The number of nitrogens with one attached hydrogen (secondary N) is 2. The number of likely N-dealkylation sites (N-methyl/N-ethyl adjacent to an activating group) is 1. The van der Waals surface area contributed by atoms with Crippen LogP contribution in [0, 0.1) is 24.5 Å². The summed E-state index contributed by atoms with van der Waals surface area (Å²) in [6.45, 7) is 6.93. The highest BCUT2D eigenvalue weighted by Gasteiger charge is 2.34. The second kappa shape index (κ2) is 8.96. The summed E-state index contributed by atoms with van der Waals surface area (Å²) in [5.74, 6) is -1.43. The van der Waals surface area contributed by atoms with Gasteiger partial charge in [0.15, 0.2) is 11.6 Å². The monoisotopic (exact) mass is 457 g/mol. The van der Waals surface area contributed by atoms with Gasteiger partial charge in [-0.15, -0.1) is 0 Å². The molecule has 0 unspecified atom stereocenters. The maximum atomic E-state index is 13.5. The van der Waals surface area contributed by atoms with Crippen molar-refractivity contribution < 1.29 is 18.4 Å². The molecule has 0 spiro atoms. The van der Waals surface area contributed by atoms with Crippen molar-refractivity contribution in [2.45, 2.75) is 45.7 Å². The Morgan fingerprint density at radius 1 is 1.18 bits per heavy atom. The van der Waals surface area contributed by atoms with Crippen LogP contribution in [0.25, 0.3) is 0 Å². The lowest BCUT2D eigenvalue weighted by Crippen LogP contribution is -2.49. The molecule has 176 valence electrons. The Bertz CT molecular complexity index is 1080. The third kappa shape index (κ3) is 4.49. The van der Waals surface area contributed by atoms with E-state index in [4.69, 9.17) is 0 Å². The van der Waals surface area contributed by atoms with Gasteiger partial charge in [0, 0.05) is 37.8 Å². The number of aryl methyl sites for hydroxylation is 1. The van der Waals surface area contributed by atoms with Gasteiger partial charge in [-0.1, -0.05) is 13.8 Å². The second-order valence-electron chi connectivity index (χ2n) is 9.12. The third-order valence-electron chi connectivity index (χ3n) is 6.43. The van der Waals surface area contributed by atoms with Gasteiger partial charge in [-0.05, 0) is 43.9 Å². The van der Waals surface area contributed by atoms with Gasteiger partial charge in [-0.2, -0.15) is 0 Å². The lowest BCUT2D eigenvalue weighted by molar-refractivity contribution is -0.118. The van der Waals surface area contributed by atoms with Crippen molar-refractivity contribution in [1.82, 2.24) is 9.88 Å². The van der Waals surface area contributed by atoms with Crippen molar-refractivity contribution in [3.63, 3.8) is 0 Å². The molecular formula is C24H29F2N5O2. The summed E-state index contributed by atoms with van der Waals surface area (Å²) >= 11 is 0. The first-order chi connectivity index (χ1) is 15.7. The quantitative estimate of drug-likeness (QED) is 0.730. The van der Waals surface area contributed by atoms with Crippen molar-refractivity contribution in [2.75, 3.05) is 35.7 Å². The number of fused-ring (bicyclic) bond motifs is 1. The van der Waals surface area contributed by atoms with E-state index in [1.807, 2.05) is 38.8 Å². The van der Waals surface area contributed by atoms with Gasteiger partial charge in [-0.25, -0.2) is 13.8 Å². The molecule has 1 saturated heterocycles. The molecule has 1 aromatic heterocycles. The number of hydrogen-bond acceptors (Lipinski definition) is 5. The number of carbonyl (C=O) groups excluding carboxylic acids is 2. The van der Waals surface area contributed by atoms with E-state index in [0.29, 0.717) is 25.9 Å². The largest absolute Gasteiger partial charge is 0.367 e. The fourth-order valence-electron chi connectivity index (χ4n) is 4.68. The van der Waals surface area contributed by atoms with Gasteiger partial charge < -0.3 is 20.4 Å². The van der Waals surface area contributed by atoms with Crippen LogP contribution >= 0.6 is 0 Å². The molecule has 2 aliphatic rings. The molecule has 2 aliphatic heterocycles. The summed E-state index contributed by atoms with van der Waals surface area (Å²) in [4.78, 5) is 33.5. The highest BCUT2D eigenvalue weighted by molar-refractivity contribution is 6.04. The second-order valence-corrected chi connectivity index (χ2v) is 9.12. The van der Waals surface area contributed by atoms with Crippen molar-refractivity contribution in [1.29, 1.82) is 0 Å². The SMILES string of the molecule is Cc1nc(NC2CCN(C(=O)c3ccc(F)c(F)c3)CC2)cc2c1NC(=O)[C@H](C(C)C)N2C. The molecule has 1 atom stereocenters. The summed E-state index contributed by atoms with van der Waals surface area (Å²) in [6, 6.07) is 5.05. The molecule has 3 heterocycles. The van der Waals surface area contributed by atoms with Gasteiger partial charge in [0.2, 0.25) is 5.91 Å². The minimum atomic E-state index is -1.02. The molecule has 7 nitrogen and oxygen atoms in total. The predicted molar refractivity (Wildman–Crippen MR) is 124 cm³/mol. The molecule has 0 saturated carbocycles. The highest BCUT2D eigenvalue weighted by Crippen LogP contribution is 2.37. The van der Waals surface area contributed by atoms with Gasteiger partial charge in [0.05, 0.1) is 17.1 Å². The van der Waals surface area contributed by atoms with Gasteiger partial charge in [-0.3, -0.25) is 9.59 Å². The number of halogens is 2. The number of rotatable bonds is 4. The first-order valence-corrected chi connectivity index (χ1v) is 11.2. The van der Waals surface area contributed by atoms with Crippen LogP contribution in [0.3, 0.4) is 0 Å². The molecule has 0 radical (unpaired) electrons. The number of likely N-dealkylation sites (tertiary alicyclic amines) is 1. The summed E-state index contributed by atoms with van der Waals surface area (Å²) in [7, 11) is 1.92. The van der Waals surface area contributed by atoms with Crippen molar-refractivity contribution >= 4 is 29.0 Å². The van der Waals surface area contributed by atoms with E-state index in [1.165, 1.54) is 6.07 Å². The number of hydrogen-bond donors (Lipinski definition) is 2. The number of pyridine rings is 1. The zero-order valence-electron chi connectivity index (χ0n) is 19.3. The van der Waals surface area contributed by atoms with E-state index in [9.17, 15) is 18.4 Å². The van der Waals surface area contributed by atoms with E-state index in [-0.39, 0.29) is 35.4 Å². The van der Waals surface area contributed by atoms with Crippen LogP contribution in [0.1, 0.15) is 42.7 Å². The Kier molecular flexibility index (Phi) is 6.23. The van der Waals surface area contributed by atoms with E-state index < -0.39 is 11.6 Å². The fraction of sp³-hybridized carbons (Fsp3) is 0.458. The molecule has 33 heavy (non-hydrogen) atoms. The van der Waals surface area contributed by atoms with Crippen LogP contribution in [0.5, 0.6) is 0 Å². The molecule has 4 rings (SSSR count). The standard InChI is InChI=1S/C24H29F2N5O2/c1-13(2)22-23(32)29-21-14(3)27-20(12-19(21)30(22)4)28-16-7-9-31(10-8-16)24(33)15-5-6-17(25)18(26)11-15/h5-6,11-13,16,22H,7-10H2,1-4H3,(H,27,28)(H,29,32)/t22-/m0/s1. The normalized spacial score (nSPS) is 18.9. The highest BCUT2D eigenvalue weighted by atomic mass is 19.2. The number of anilines is 3. The molecular weight excluding hydrogens is 428 g/mol. The Morgan fingerprint density at radius 3 is 2.52 bits per heavy atom. The summed E-state index contributed by atoms with van der Waals surface area (Å²) in [6.07, 6.45) is 1.41. The van der Waals surface area contributed by atoms with E-state index in [1.54, 1.807) is 4.90 Å². The Balaban J connectivity index is 1.43. The minimum absolute atomic E-state index is 0.0244. The maximum Gasteiger partial charge on any atom is 0.253 e. The summed E-state index contributed by atoms with van der Waals surface area (Å²) < 4.78 is 26.7. The number of benzene rings is 1. The van der Waals surface area contributed by atoms with E-state index >= 15 is 0 Å². The Labute approximate surface area is 192 Å². The summed E-state index contributed by atoms with van der Waals surface area (Å²) in [5.41, 5.74) is 2.55. The Hall–Kier alpha value is -3.23. The summed E-state index contributed by atoms with van der Waals surface area (Å²) in [5, 5.41) is 6.46. The smallest absolute Gasteiger partial charge is 0.253 e. The van der Waals surface area contributed by atoms with Crippen molar-refractivity contribution in [3.05, 3.63) is 47.2 Å². The molecule has 2 aromatic rings. The predicted octanol–water partition coefficient (Wildman–Crippen LogP) is 3.80. The number of nitrogens with zero attached hydrogens (tertiary/aromatic N) is 3. The average Bonchev–Trinajstić information content (AvgIpc) is 2.76.